The van der Waals surface area contributed by atoms with Crippen LogP contribution >= 0.6 is 15.9 Å². The molecule has 2 aromatic rings. The Kier molecular flexibility index (Phi) is 4.74. The molecule has 0 unspecified atom stereocenters. The molecule has 19 heavy (non-hydrogen) atoms. The summed E-state index contributed by atoms with van der Waals surface area (Å²) < 4.78 is 6.03. The van der Waals surface area contributed by atoms with Crippen molar-refractivity contribution in [1.82, 2.24) is 0 Å². The monoisotopic (exact) mass is 318 g/mol. The fourth-order valence-electron chi connectivity index (χ4n) is 1.81. The van der Waals surface area contributed by atoms with Gasteiger partial charge in [-0.05, 0) is 48.7 Å². The van der Waals surface area contributed by atoms with Crippen molar-refractivity contribution in [2.75, 3.05) is 6.61 Å². The molecular formula is C16H15BrO2. The summed E-state index contributed by atoms with van der Waals surface area (Å²) in [5, 5.41) is 0. The van der Waals surface area contributed by atoms with Crippen LogP contribution in [0, 0.1) is 0 Å². The van der Waals surface area contributed by atoms with Gasteiger partial charge in [0.05, 0.1) is 12.2 Å². The Morgan fingerprint density at radius 1 is 1.00 bits per heavy atom. The normalized spacial score (nSPS) is 10.2. The average molecular weight is 319 g/mol. The maximum absolute atomic E-state index is 11.5. The number of rotatable bonds is 4. The van der Waals surface area contributed by atoms with Gasteiger partial charge in [-0.3, -0.25) is 0 Å². The lowest BCUT2D eigenvalue weighted by molar-refractivity contribution is 0.0526. The van der Waals surface area contributed by atoms with Crippen molar-refractivity contribution in [3.05, 3.63) is 69.7 Å². The van der Waals surface area contributed by atoms with Gasteiger partial charge in [0.2, 0.25) is 0 Å². The standard InChI is InChI=1S/C16H15BrO2/c1-2-19-16(18)14-7-3-12(4-8-14)11-13-5-9-15(17)10-6-13/h3-10H,2,11H2,1H3. The molecule has 2 aromatic carbocycles. The Bertz CT molecular complexity index is 544. The fraction of sp³-hybridized carbons (Fsp3) is 0.188. The lowest BCUT2D eigenvalue weighted by Gasteiger charge is -2.05. The van der Waals surface area contributed by atoms with Gasteiger partial charge in [-0.25, -0.2) is 4.79 Å². The SMILES string of the molecule is CCOC(=O)c1ccc(Cc2ccc(Br)cc2)cc1. The highest BCUT2D eigenvalue weighted by atomic mass is 79.9. The summed E-state index contributed by atoms with van der Waals surface area (Å²) in [5.74, 6) is -0.266. The smallest absolute Gasteiger partial charge is 0.338 e. The highest BCUT2D eigenvalue weighted by Crippen LogP contribution is 2.15. The number of ether oxygens (including phenoxy) is 1. The van der Waals surface area contributed by atoms with E-state index in [1.54, 1.807) is 6.92 Å². The van der Waals surface area contributed by atoms with Crippen LogP contribution in [0.4, 0.5) is 0 Å². The summed E-state index contributed by atoms with van der Waals surface area (Å²) in [4.78, 5) is 11.5. The second kappa shape index (κ2) is 6.53. The van der Waals surface area contributed by atoms with E-state index in [0.29, 0.717) is 12.2 Å². The Morgan fingerprint density at radius 3 is 2.05 bits per heavy atom. The average Bonchev–Trinajstić information content (AvgIpc) is 2.42. The van der Waals surface area contributed by atoms with E-state index in [2.05, 4.69) is 28.1 Å². The van der Waals surface area contributed by atoms with Crippen LogP contribution < -0.4 is 0 Å². The highest BCUT2D eigenvalue weighted by molar-refractivity contribution is 9.10. The maximum Gasteiger partial charge on any atom is 0.338 e. The molecule has 0 N–H and O–H groups in total. The summed E-state index contributed by atoms with van der Waals surface area (Å²) in [6, 6.07) is 15.8. The Morgan fingerprint density at radius 2 is 1.53 bits per heavy atom. The Balaban J connectivity index is 2.06. The van der Waals surface area contributed by atoms with Crippen LogP contribution in [0.5, 0.6) is 0 Å². The van der Waals surface area contributed by atoms with Crippen molar-refractivity contribution >= 4 is 21.9 Å². The van der Waals surface area contributed by atoms with Gasteiger partial charge in [0.25, 0.3) is 0 Å². The topological polar surface area (TPSA) is 26.3 Å². The van der Waals surface area contributed by atoms with Crippen LogP contribution in [-0.2, 0) is 11.2 Å². The molecule has 0 aromatic heterocycles. The quantitative estimate of drug-likeness (QED) is 0.789. The second-order valence-electron chi connectivity index (χ2n) is 4.22. The van der Waals surface area contributed by atoms with Gasteiger partial charge in [0.1, 0.15) is 0 Å². The summed E-state index contributed by atoms with van der Waals surface area (Å²) in [6.07, 6.45) is 0.858. The first-order valence-electron chi connectivity index (χ1n) is 6.19. The van der Waals surface area contributed by atoms with E-state index in [-0.39, 0.29) is 5.97 Å². The van der Waals surface area contributed by atoms with Crippen molar-refractivity contribution in [3.8, 4) is 0 Å². The lowest BCUT2D eigenvalue weighted by Crippen LogP contribution is -2.04. The Hall–Kier alpha value is -1.61. The van der Waals surface area contributed by atoms with Crippen LogP contribution in [0.3, 0.4) is 0 Å². The largest absolute Gasteiger partial charge is 0.462 e. The summed E-state index contributed by atoms with van der Waals surface area (Å²) in [7, 11) is 0. The molecule has 0 aliphatic rings. The number of esters is 1. The van der Waals surface area contributed by atoms with Gasteiger partial charge in [0.15, 0.2) is 0 Å². The first kappa shape index (κ1) is 13.8. The predicted molar refractivity (Wildman–Crippen MR) is 79.3 cm³/mol. The van der Waals surface area contributed by atoms with Crippen molar-refractivity contribution in [1.29, 1.82) is 0 Å². The first-order valence-corrected chi connectivity index (χ1v) is 6.99. The Labute approximate surface area is 121 Å². The van der Waals surface area contributed by atoms with Gasteiger partial charge in [-0.15, -0.1) is 0 Å². The number of hydrogen-bond acceptors (Lipinski definition) is 2. The molecule has 2 rings (SSSR count). The molecule has 0 aliphatic carbocycles. The molecule has 0 saturated heterocycles. The second-order valence-corrected chi connectivity index (χ2v) is 5.14. The van der Waals surface area contributed by atoms with E-state index in [1.807, 2.05) is 36.4 Å². The number of benzene rings is 2. The first-order chi connectivity index (χ1) is 9.19. The summed E-state index contributed by atoms with van der Waals surface area (Å²) >= 11 is 3.42. The molecular weight excluding hydrogens is 304 g/mol. The number of carbonyl (C=O) groups excluding carboxylic acids is 1. The number of halogens is 1. The molecule has 0 aliphatic heterocycles. The highest BCUT2D eigenvalue weighted by Gasteiger charge is 2.05. The third kappa shape index (κ3) is 3.93. The zero-order valence-electron chi connectivity index (χ0n) is 10.7. The third-order valence-electron chi connectivity index (χ3n) is 2.79. The molecule has 0 amide bonds. The van der Waals surface area contributed by atoms with Gasteiger partial charge >= 0.3 is 5.97 Å². The van der Waals surface area contributed by atoms with Gasteiger partial charge in [0, 0.05) is 4.47 Å². The zero-order chi connectivity index (χ0) is 13.7. The van der Waals surface area contributed by atoms with Gasteiger partial charge in [-0.1, -0.05) is 40.2 Å². The van der Waals surface area contributed by atoms with Crippen LogP contribution in [0.1, 0.15) is 28.4 Å². The van der Waals surface area contributed by atoms with Gasteiger partial charge in [-0.2, -0.15) is 0 Å². The molecule has 0 atom stereocenters. The van der Waals surface area contributed by atoms with E-state index < -0.39 is 0 Å². The molecule has 3 heteroatoms. The minimum Gasteiger partial charge on any atom is -0.462 e. The van der Waals surface area contributed by atoms with Crippen LogP contribution in [0.25, 0.3) is 0 Å². The van der Waals surface area contributed by atoms with Crippen LogP contribution in [0.15, 0.2) is 53.0 Å². The fourth-order valence-corrected chi connectivity index (χ4v) is 2.08. The summed E-state index contributed by atoms with van der Waals surface area (Å²) in [5.41, 5.74) is 3.02. The van der Waals surface area contributed by atoms with Crippen LogP contribution in [0.2, 0.25) is 0 Å². The molecule has 98 valence electrons. The van der Waals surface area contributed by atoms with Crippen LogP contribution in [-0.4, -0.2) is 12.6 Å². The number of hydrogen-bond donors (Lipinski definition) is 0. The van der Waals surface area contributed by atoms with Crippen molar-refractivity contribution in [3.63, 3.8) is 0 Å². The van der Waals surface area contributed by atoms with Gasteiger partial charge < -0.3 is 4.74 Å². The lowest BCUT2D eigenvalue weighted by atomic mass is 10.0. The summed E-state index contributed by atoms with van der Waals surface area (Å²) in [6.45, 7) is 2.21. The zero-order valence-corrected chi connectivity index (χ0v) is 12.3. The molecule has 0 fully saturated rings. The van der Waals surface area contributed by atoms with E-state index in [1.165, 1.54) is 11.1 Å². The molecule has 0 spiro atoms. The molecule has 0 bridgehead atoms. The molecule has 0 saturated carbocycles. The minimum atomic E-state index is -0.266. The maximum atomic E-state index is 11.5. The van der Waals surface area contributed by atoms with E-state index in [9.17, 15) is 4.79 Å². The van der Waals surface area contributed by atoms with E-state index in [4.69, 9.17) is 4.74 Å². The molecule has 2 nitrogen and oxygen atoms in total. The number of carbonyl (C=O) groups is 1. The molecule has 0 heterocycles. The minimum absolute atomic E-state index is 0.266. The van der Waals surface area contributed by atoms with Crippen molar-refractivity contribution in [2.45, 2.75) is 13.3 Å². The van der Waals surface area contributed by atoms with E-state index >= 15 is 0 Å². The van der Waals surface area contributed by atoms with Crippen molar-refractivity contribution in [2.24, 2.45) is 0 Å². The molecule has 0 radical (unpaired) electrons. The van der Waals surface area contributed by atoms with E-state index in [0.717, 1.165) is 10.9 Å². The predicted octanol–water partition coefficient (Wildman–Crippen LogP) is 4.22. The van der Waals surface area contributed by atoms with Crippen molar-refractivity contribution < 1.29 is 9.53 Å². The third-order valence-corrected chi connectivity index (χ3v) is 3.32.